The van der Waals surface area contributed by atoms with Crippen molar-refractivity contribution >= 4 is 27.1 Å². The van der Waals surface area contributed by atoms with E-state index in [0.29, 0.717) is 4.21 Å². The molecule has 1 aromatic rings. The highest BCUT2D eigenvalue weighted by atomic mass is 32.2. The van der Waals surface area contributed by atoms with Crippen molar-refractivity contribution < 1.29 is 8.42 Å². The molecule has 0 atom stereocenters. The summed E-state index contributed by atoms with van der Waals surface area (Å²) in [4.78, 5) is 1.98. The van der Waals surface area contributed by atoms with Crippen LogP contribution in [0, 0.1) is 0 Å². The van der Waals surface area contributed by atoms with Gasteiger partial charge in [0.15, 0.2) is 14.0 Å². The topological polar surface area (TPSA) is 50.3 Å². The van der Waals surface area contributed by atoms with E-state index in [-0.39, 0.29) is 0 Å². The number of sulfone groups is 1. The van der Waals surface area contributed by atoms with Crippen molar-refractivity contribution in [3.05, 3.63) is 5.69 Å². The van der Waals surface area contributed by atoms with Crippen LogP contribution in [0.15, 0.2) is 4.21 Å². The number of fused-ring (bicyclic) bond motifs is 1. The highest BCUT2D eigenvalue weighted by Crippen LogP contribution is 2.35. The molecule has 0 unspecified atom stereocenters. The average Bonchev–Trinajstić information content (AvgIpc) is 2.47. The Morgan fingerprint density at radius 2 is 2.21 bits per heavy atom. The molecule has 1 aromatic heterocycles. The minimum Gasteiger partial charge on any atom is -0.371 e. The number of rotatable bonds is 1. The molecule has 0 spiro atoms. The van der Waals surface area contributed by atoms with Gasteiger partial charge in [-0.1, -0.05) is 0 Å². The Balaban J connectivity index is 2.60. The van der Waals surface area contributed by atoms with E-state index in [0.717, 1.165) is 42.3 Å². The minimum absolute atomic E-state index is 0.412. The normalized spacial score (nSPS) is 16.9. The molecular weight excluding hydrogens is 220 g/mol. The average molecular weight is 232 g/mol. The summed E-state index contributed by atoms with van der Waals surface area (Å²) in [5.41, 5.74) is 1.76. The number of hydrogen-bond acceptors (Lipinski definition) is 5. The fourth-order valence-corrected chi connectivity index (χ4v) is 3.69. The number of aryl methyl sites for hydroxylation is 1. The predicted octanol–water partition coefficient (Wildman–Crippen LogP) is 0.929. The van der Waals surface area contributed by atoms with E-state index in [1.54, 1.807) is 0 Å². The van der Waals surface area contributed by atoms with Crippen LogP contribution in [0.25, 0.3) is 0 Å². The summed E-state index contributed by atoms with van der Waals surface area (Å²) in [6.45, 7) is 0.911. The van der Waals surface area contributed by atoms with Gasteiger partial charge in [0, 0.05) is 19.8 Å². The minimum atomic E-state index is -3.12. The molecule has 0 aromatic carbocycles. The lowest BCUT2D eigenvalue weighted by Crippen LogP contribution is -2.25. The zero-order valence-corrected chi connectivity index (χ0v) is 9.78. The first-order valence-electron chi connectivity index (χ1n) is 4.40. The summed E-state index contributed by atoms with van der Waals surface area (Å²) in [5, 5.41) is 0. The summed E-state index contributed by atoms with van der Waals surface area (Å²) < 4.78 is 27.5. The van der Waals surface area contributed by atoms with E-state index >= 15 is 0 Å². The molecule has 14 heavy (non-hydrogen) atoms. The summed E-state index contributed by atoms with van der Waals surface area (Å²) in [6, 6.07) is 0. The largest absolute Gasteiger partial charge is 0.371 e. The van der Waals surface area contributed by atoms with Crippen LogP contribution in [0.3, 0.4) is 0 Å². The molecule has 0 bridgehead atoms. The molecule has 0 saturated carbocycles. The van der Waals surface area contributed by atoms with Gasteiger partial charge >= 0.3 is 0 Å². The molecule has 0 fully saturated rings. The first-order valence-corrected chi connectivity index (χ1v) is 7.06. The smallest absolute Gasteiger partial charge is 0.188 e. The van der Waals surface area contributed by atoms with Crippen LogP contribution in [0.1, 0.15) is 12.1 Å². The number of anilines is 1. The second-order valence-corrected chi connectivity index (χ2v) is 6.55. The van der Waals surface area contributed by atoms with E-state index in [9.17, 15) is 8.42 Å². The van der Waals surface area contributed by atoms with Gasteiger partial charge in [0.25, 0.3) is 0 Å². The second kappa shape index (κ2) is 3.20. The summed E-state index contributed by atoms with van der Waals surface area (Å²) >= 11 is 1.10. The van der Waals surface area contributed by atoms with Crippen LogP contribution in [-0.2, 0) is 16.3 Å². The maximum atomic E-state index is 11.5. The van der Waals surface area contributed by atoms with Crippen LogP contribution in [0.5, 0.6) is 0 Å². The fraction of sp³-hybridized carbons (Fsp3) is 0.625. The highest BCUT2D eigenvalue weighted by molar-refractivity contribution is 7.92. The maximum Gasteiger partial charge on any atom is 0.188 e. The molecule has 0 aliphatic carbocycles. The number of aromatic nitrogens is 1. The molecule has 1 aliphatic rings. The molecule has 6 heteroatoms. The maximum absolute atomic E-state index is 11.5. The summed E-state index contributed by atoms with van der Waals surface area (Å²) in [6.07, 6.45) is 3.19. The third-order valence-corrected chi connectivity index (χ3v) is 5.00. The molecule has 2 rings (SSSR count). The lowest BCUT2D eigenvalue weighted by molar-refractivity contribution is 0.603. The van der Waals surface area contributed by atoms with E-state index in [2.05, 4.69) is 4.37 Å². The third-order valence-electron chi connectivity index (χ3n) is 2.33. The summed E-state index contributed by atoms with van der Waals surface area (Å²) in [7, 11) is -1.20. The number of hydrogen-bond donors (Lipinski definition) is 0. The van der Waals surface area contributed by atoms with E-state index in [1.165, 1.54) is 6.26 Å². The van der Waals surface area contributed by atoms with Gasteiger partial charge in [-0.15, -0.1) is 0 Å². The zero-order valence-electron chi connectivity index (χ0n) is 8.15. The lowest BCUT2D eigenvalue weighted by atomic mass is 10.1. The van der Waals surface area contributed by atoms with E-state index in [1.807, 2.05) is 11.9 Å². The van der Waals surface area contributed by atoms with Gasteiger partial charge in [0.05, 0.1) is 11.4 Å². The first-order chi connectivity index (χ1) is 6.50. The van der Waals surface area contributed by atoms with Crippen LogP contribution < -0.4 is 4.90 Å². The standard InChI is InChI=1S/C8H12N2O2S2/c1-10-5-3-4-6-7(10)8(13-9-6)14(2,11)12/h3-5H2,1-2H3. The Morgan fingerprint density at radius 1 is 1.50 bits per heavy atom. The monoisotopic (exact) mass is 232 g/mol. The van der Waals surface area contributed by atoms with Crippen LogP contribution in [-0.4, -0.2) is 32.6 Å². The molecule has 4 nitrogen and oxygen atoms in total. The van der Waals surface area contributed by atoms with Crippen molar-refractivity contribution in [2.24, 2.45) is 0 Å². The Kier molecular flexibility index (Phi) is 2.27. The quantitative estimate of drug-likeness (QED) is 0.723. The third kappa shape index (κ3) is 1.52. The molecule has 0 amide bonds. The van der Waals surface area contributed by atoms with Crippen LogP contribution in [0.4, 0.5) is 5.69 Å². The molecule has 1 aliphatic heterocycles. The molecule has 0 N–H and O–H groups in total. The van der Waals surface area contributed by atoms with Crippen molar-refractivity contribution in [1.82, 2.24) is 4.37 Å². The van der Waals surface area contributed by atoms with E-state index in [4.69, 9.17) is 0 Å². The Hall–Kier alpha value is -0.620. The van der Waals surface area contributed by atoms with Crippen molar-refractivity contribution in [2.75, 3.05) is 24.7 Å². The zero-order chi connectivity index (χ0) is 10.3. The molecule has 0 radical (unpaired) electrons. The van der Waals surface area contributed by atoms with Crippen LogP contribution in [0.2, 0.25) is 0 Å². The Morgan fingerprint density at radius 3 is 2.86 bits per heavy atom. The molecule has 2 heterocycles. The van der Waals surface area contributed by atoms with Gasteiger partial charge in [0.1, 0.15) is 0 Å². The lowest BCUT2D eigenvalue weighted by Gasteiger charge is -2.24. The summed E-state index contributed by atoms with van der Waals surface area (Å²) in [5.74, 6) is 0. The SMILES string of the molecule is CN1CCCc2nsc(S(C)(=O)=O)c21. The van der Waals surface area contributed by atoms with Gasteiger partial charge < -0.3 is 4.90 Å². The molecular formula is C8H12N2O2S2. The fourth-order valence-electron chi connectivity index (χ4n) is 1.68. The van der Waals surface area contributed by atoms with Crippen molar-refractivity contribution in [3.8, 4) is 0 Å². The number of nitrogens with zero attached hydrogens (tertiary/aromatic N) is 2. The Labute approximate surface area is 87.6 Å². The van der Waals surface area contributed by atoms with Gasteiger partial charge in [0.2, 0.25) is 0 Å². The molecule has 0 saturated heterocycles. The highest BCUT2D eigenvalue weighted by Gasteiger charge is 2.26. The van der Waals surface area contributed by atoms with Crippen molar-refractivity contribution in [3.63, 3.8) is 0 Å². The van der Waals surface area contributed by atoms with Gasteiger partial charge in [-0.2, -0.15) is 4.37 Å². The van der Waals surface area contributed by atoms with E-state index < -0.39 is 9.84 Å². The predicted molar refractivity (Wildman–Crippen MR) is 56.8 cm³/mol. The van der Waals surface area contributed by atoms with Gasteiger partial charge in [-0.05, 0) is 24.4 Å². The second-order valence-electron chi connectivity index (χ2n) is 3.56. The van der Waals surface area contributed by atoms with Gasteiger partial charge in [-0.3, -0.25) is 0 Å². The van der Waals surface area contributed by atoms with Crippen LogP contribution >= 0.6 is 11.5 Å². The van der Waals surface area contributed by atoms with Crippen molar-refractivity contribution in [1.29, 1.82) is 0 Å². The molecule has 78 valence electrons. The Bertz CT molecular complexity index is 450. The first kappa shape index (κ1) is 9.92. The van der Waals surface area contributed by atoms with Gasteiger partial charge in [-0.25, -0.2) is 8.42 Å². The van der Waals surface area contributed by atoms with Crippen molar-refractivity contribution in [2.45, 2.75) is 17.1 Å².